The molecule has 4 nitrogen and oxygen atoms in total. The van der Waals surface area contributed by atoms with Gasteiger partial charge in [-0.25, -0.2) is 4.79 Å². The quantitative estimate of drug-likeness (QED) is 0.647. The van der Waals surface area contributed by atoms with Gasteiger partial charge in [0.25, 0.3) is 0 Å². The van der Waals surface area contributed by atoms with Crippen LogP contribution in [-0.4, -0.2) is 23.7 Å². The number of rotatable bonds is 3. The van der Waals surface area contributed by atoms with Crippen LogP contribution in [0.4, 0.5) is 0 Å². The Balaban J connectivity index is 0. The highest BCUT2D eigenvalue weighted by Gasteiger charge is 2.12. The lowest BCUT2D eigenvalue weighted by atomic mass is 10.2. The van der Waals surface area contributed by atoms with Gasteiger partial charge in [0.2, 0.25) is 0 Å². The maximum absolute atomic E-state index is 10.3. The number of nitrogens with two attached hydrogens (primary N) is 1. The summed E-state index contributed by atoms with van der Waals surface area (Å²) < 4.78 is 3.76. The predicted octanol–water partition coefficient (Wildman–Crippen LogP) is -0.185. The average Bonchev–Trinajstić information content (AvgIpc) is 1.87. The Kier molecular flexibility index (Phi) is 8.94. The minimum Gasteiger partial charge on any atom is -0.396 e. The van der Waals surface area contributed by atoms with Crippen molar-refractivity contribution >= 4 is 30.2 Å². The molecule has 0 rings (SSSR count). The van der Waals surface area contributed by atoms with Crippen molar-refractivity contribution in [2.45, 2.75) is 12.5 Å². The third-order valence-electron chi connectivity index (χ3n) is 0.819. The van der Waals surface area contributed by atoms with Gasteiger partial charge < -0.3 is 15.1 Å². The molecule has 0 spiro atoms. The predicted molar refractivity (Wildman–Crippen MR) is 38.9 cm³/mol. The molecule has 0 fully saturated rings. The summed E-state index contributed by atoms with van der Waals surface area (Å²) in [5.74, 6) is -0.717. The number of aliphatic hydroxyl groups is 1. The third kappa shape index (κ3) is 4.81. The molecule has 0 aromatic heterocycles. The van der Waals surface area contributed by atoms with Crippen molar-refractivity contribution < 1.29 is 14.2 Å². The van der Waals surface area contributed by atoms with E-state index >= 15 is 0 Å². The van der Waals surface area contributed by atoms with E-state index in [2.05, 4.69) is 16.2 Å². The largest absolute Gasteiger partial charge is 0.396 e. The van der Waals surface area contributed by atoms with E-state index in [0.717, 1.165) is 0 Å². The zero-order chi connectivity index (χ0) is 7.28. The van der Waals surface area contributed by atoms with Gasteiger partial charge in [-0.15, -0.1) is 12.4 Å². The molecule has 10 heavy (non-hydrogen) atoms. The van der Waals surface area contributed by atoms with Crippen LogP contribution in [0.5, 0.6) is 0 Å². The minimum absolute atomic E-state index is 0. The van der Waals surface area contributed by atoms with Crippen LogP contribution in [0, 0.1) is 0 Å². The second-order valence-electron chi connectivity index (χ2n) is 1.51. The lowest BCUT2D eigenvalue weighted by molar-refractivity contribution is -0.135. The van der Waals surface area contributed by atoms with Gasteiger partial charge in [0, 0.05) is 6.61 Å². The maximum Gasteiger partial charge on any atom is 0.341 e. The summed E-state index contributed by atoms with van der Waals surface area (Å²) in [7, 11) is 0. The zero-order valence-corrected chi connectivity index (χ0v) is 6.69. The first-order valence-corrected chi connectivity index (χ1v) is 2.72. The smallest absolute Gasteiger partial charge is 0.341 e. The van der Waals surface area contributed by atoms with Crippen LogP contribution in [0.25, 0.3) is 0 Å². The number of carbonyl (C=O) groups excluding carboxylic acids is 1. The average molecular weight is 190 g/mol. The molecule has 0 radical (unpaired) electrons. The van der Waals surface area contributed by atoms with Crippen LogP contribution >= 0.6 is 24.3 Å². The van der Waals surface area contributed by atoms with E-state index in [1.807, 2.05) is 0 Å². The maximum atomic E-state index is 10.3. The van der Waals surface area contributed by atoms with Gasteiger partial charge in [0.15, 0.2) is 0 Å². The summed E-state index contributed by atoms with van der Waals surface area (Å²) in [5.41, 5.74) is 5.12. The Hall–Kier alpha value is -0.0300. The van der Waals surface area contributed by atoms with Crippen LogP contribution < -0.4 is 5.73 Å². The molecule has 0 saturated heterocycles. The molecule has 1 atom stereocenters. The van der Waals surface area contributed by atoms with E-state index in [9.17, 15) is 4.79 Å². The lowest BCUT2D eigenvalue weighted by Crippen LogP contribution is -2.31. The Morgan fingerprint density at radius 2 is 2.30 bits per heavy atom. The summed E-state index contributed by atoms with van der Waals surface area (Å²) >= 11 is 4.67. The van der Waals surface area contributed by atoms with Gasteiger partial charge in [0.05, 0.1) is 0 Å². The Labute approximate surface area is 69.9 Å². The molecule has 0 unspecified atom stereocenters. The fraction of sp³-hybridized carbons (Fsp3) is 0.750. The molecule has 0 aromatic carbocycles. The van der Waals surface area contributed by atoms with Crippen molar-refractivity contribution in [2.75, 3.05) is 6.61 Å². The summed E-state index contributed by atoms with van der Waals surface area (Å²) in [6.07, 6.45) is 0.172. The fourth-order valence-electron chi connectivity index (χ4n) is 0.314. The van der Waals surface area contributed by atoms with Crippen LogP contribution in [0.1, 0.15) is 6.42 Å². The SMILES string of the molecule is Cl.N[C@@H](CCO)C(=O)OCl. The molecule has 0 bridgehead atoms. The first-order chi connectivity index (χ1) is 4.22. The third-order valence-corrected chi connectivity index (χ3v) is 0.971. The van der Waals surface area contributed by atoms with Crippen molar-refractivity contribution in [1.82, 2.24) is 0 Å². The number of aliphatic hydroxyl groups excluding tert-OH is 1. The molecular formula is C4H9Cl2NO3. The van der Waals surface area contributed by atoms with E-state index in [4.69, 9.17) is 10.8 Å². The van der Waals surface area contributed by atoms with Crippen molar-refractivity contribution in [3.05, 3.63) is 0 Å². The molecule has 0 heterocycles. The monoisotopic (exact) mass is 189 g/mol. The molecule has 62 valence electrons. The number of carbonyl (C=O) groups is 1. The lowest BCUT2D eigenvalue weighted by Gasteiger charge is -2.02. The highest BCUT2D eigenvalue weighted by molar-refractivity contribution is 6.13. The second-order valence-corrected chi connectivity index (χ2v) is 1.67. The molecule has 0 aromatic rings. The molecule has 0 aliphatic carbocycles. The standard InChI is InChI=1S/C4H8ClNO3.ClH/c5-9-4(8)3(6)1-2-7;/h3,7H,1-2,6H2;1H/t3-;/m0./s1. The highest BCUT2D eigenvalue weighted by Crippen LogP contribution is 1.92. The summed E-state index contributed by atoms with van der Waals surface area (Å²) in [6.45, 7) is -0.146. The molecule has 0 aliphatic rings. The van der Waals surface area contributed by atoms with Gasteiger partial charge >= 0.3 is 5.97 Å². The first-order valence-electron chi connectivity index (χ1n) is 2.41. The van der Waals surface area contributed by atoms with Gasteiger partial charge in [-0.05, 0) is 6.42 Å². The van der Waals surface area contributed by atoms with E-state index in [1.165, 1.54) is 0 Å². The van der Waals surface area contributed by atoms with Gasteiger partial charge in [0.1, 0.15) is 17.9 Å². The number of hydrogen-bond donors (Lipinski definition) is 2. The molecule has 0 saturated carbocycles. The van der Waals surface area contributed by atoms with Gasteiger partial charge in [-0.1, -0.05) is 0 Å². The fourth-order valence-corrected chi connectivity index (χ4v) is 0.429. The van der Waals surface area contributed by atoms with E-state index in [1.54, 1.807) is 0 Å². The summed E-state index contributed by atoms with van der Waals surface area (Å²) in [4.78, 5) is 10.3. The molecule has 6 heteroatoms. The van der Waals surface area contributed by atoms with Crippen LogP contribution in [0.2, 0.25) is 0 Å². The van der Waals surface area contributed by atoms with Crippen LogP contribution in [-0.2, 0) is 9.08 Å². The molecular weight excluding hydrogens is 181 g/mol. The topological polar surface area (TPSA) is 72.5 Å². The molecule has 0 aliphatic heterocycles. The van der Waals surface area contributed by atoms with Gasteiger partial charge in [-0.2, -0.15) is 0 Å². The van der Waals surface area contributed by atoms with E-state index in [0.29, 0.717) is 0 Å². The van der Waals surface area contributed by atoms with Gasteiger partial charge in [-0.3, -0.25) is 0 Å². The normalized spacial score (nSPS) is 11.5. The molecule has 3 N–H and O–H groups in total. The zero-order valence-electron chi connectivity index (χ0n) is 5.12. The minimum atomic E-state index is -0.813. The Morgan fingerprint density at radius 1 is 1.80 bits per heavy atom. The summed E-state index contributed by atoms with van der Waals surface area (Å²) in [6, 6.07) is -0.813. The van der Waals surface area contributed by atoms with Crippen molar-refractivity contribution in [1.29, 1.82) is 0 Å². The number of halogens is 2. The Bertz CT molecular complexity index is 101. The van der Waals surface area contributed by atoms with Crippen molar-refractivity contribution in [3.8, 4) is 0 Å². The van der Waals surface area contributed by atoms with E-state index < -0.39 is 12.0 Å². The van der Waals surface area contributed by atoms with Crippen molar-refractivity contribution in [3.63, 3.8) is 0 Å². The Morgan fingerprint density at radius 3 is 2.60 bits per heavy atom. The second kappa shape index (κ2) is 7.08. The summed E-state index contributed by atoms with van der Waals surface area (Å²) in [5, 5.41) is 8.25. The van der Waals surface area contributed by atoms with Crippen LogP contribution in [0.15, 0.2) is 0 Å². The van der Waals surface area contributed by atoms with Crippen LogP contribution in [0.3, 0.4) is 0 Å². The molecule has 0 amide bonds. The number of hydrogen-bond acceptors (Lipinski definition) is 4. The van der Waals surface area contributed by atoms with Crippen molar-refractivity contribution in [2.24, 2.45) is 5.73 Å². The highest BCUT2D eigenvalue weighted by atomic mass is 35.5. The van der Waals surface area contributed by atoms with E-state index in [-0.39, 0.29) is 25.4 Å². The first kappa shape index (κ1) is 12.6.